The maximum atomic E-state index is 11.7. The molecule has 0 saturated carbocycles. The first kappa shape index (κ1) is 10.7. The number of hydrogen-bond donors (Lipinski definition) is 1. The van der Waals surface area contributed by atoms with Crippen LogP contribution in [0.1, 0.15) is 18.9 Å². The van der Waals surface area contributed by atoms with Crippen molar-refractivity contribution in [2.75, 3.05) is 4.90 Å². The maximum Gasteiger partial charge on any atom is 0.228 e. The summed E-state index contributed by atoms with van der Waals surface area (Å²) in [5, 5.41) is 8.69. The predicted octanol–water partition coefficient (Wildman–Crippen LogP) is 1.01. The van der Waals surface area contributed by atoms with E-state index in [1.807, 2.05) is 13.0 Å². The Hall–Kier alpha value is -1.86. The van der Waals surface area contributed by atoms with Gasteiger partial charge in [0.1, 0.15) is 0 Å². The molecular formula is C12H13N3O. The molecule has 4 nitrogen and oxygen atoms in total. The summed E-state index contributed by atoms with van der Waals surface area (Å²) in [6.07, 6.45) is 0.390. The molecule has 2 unspecified atom stereocenters. The molecule has 1 aliphatic rings. The molecule has 4 heteroatoms. The van der Waals surface area contributed by atoms with Crippen LogP contribution in [0.15, 0.2) is 24.3 Å². The van der Waals surface area contributed by atoms with E-state index < -0.39 is 0 Å². The largest absolute Gasteiger partial charge is 0.325 e. The normalized spacial score (nSPS) is 24.6. The van der Waals surface area contributed by atoms with Crippen molar-refractivity contribution in [3.63, 3.8) is 0 Å². The Morgan fingerprint density at radius 1 is 1.44 bits per heavy atom. The lowest BCUT2D eigenvalue weighted by atomic mass is 10.1. The zero-order chi connectivity index (χ0) is 11.7. The number of anilines is 1. The number of nitrogens with zero attached hydrogens (tertiary/aromatic N) is 2. The number of benzene rings is 1. The van der Waals surface area contributed by atoms with Crippen LogP contribution in [0.25, 0.3) is 0 Å². The Bertz CT molecular complexity index is 446. The number of carbonyl (C=O) groups excluding carboxylic acids is 1. The van der Waals surface area contributed by atoms with E-state index in [9.17, 15) is 4.79 Å². The molecule has 2 N–H and O–H groups in total. The summed E-state index contributed by atoms with van der Waals surface area (Å²) < 4.78 is 0. The molecule has 82 valence electrons. The van der Waals surface area contributed by atoms with Crippen molar-refractivity contribution in [3.8, 4) is 6.07 Å². The summed E-state index contributed by atoms with van der Waals surface area (Å²) in [5.41, 5.74) is 7.24. The van der Waals surface area contributed by atoms with Gasteiger partial charge in [0.05, 0.1) is 11.6 Å². The third kappa shape index (κ3) is 1.66. The molecule has 2 atom stereocenters. The molecule has 0 aliphatic carbocycles. The van der Waals surface area contributed by atoms with Crippen LogP contribution in [0.5, 0.6) is 0 Å². The van der Waals surface area contributed by atoms with Crippen molar-refractivity contribution in [2.24, 2.45) is 5.73 Å². The minimum Gasteiger partial charge on any atom is -0.325 e. The van der Waals surface area contributed by atoms with Crippen molar-refractivity contribution in [1.29, 1.82) is 5.26 Å². The van der Waals surface area contributed by atoms with Crippen molar-refractivity contribution < 1.29 is 4.79 Å². The molecule has 1 amide bonds. The fraction of sp³-hybridized carbons (Fsp3) is 0.333. The van der Waals surface area contributed by atoms with Gasteiger partial charge in [0.15, 0.2) is 0 Å². The molecular weight excluding hydrogens is 202 g/mol. The van der Waals surface area contributed by atoms with Crippen molar-refractivity contribution in [1.82, 2.24) is 0 Å². The third-order valence-electron chi connectivity index (χ3n) is 2.98. The smallest absolute Gasteiger partial charge is 0.228 e. The van der Waals surface area contributed by atoms with Gasteiger partial charge >= 0.3 is 0 Å². The van der Waals surface area contributed by atoms with E-state index in [1.54, 1.807) is 29.2 Å². The first-order chi connectivity index (χ1) is 7.63. The fourth-order valence-corrected chi connectivity index (χ4v) is 1.96. The number of rotatable bonds is 1. The van der Waals surface area contributed by atoms with Gasteiger partial charge in [-0.3, -0.25) is 4.79 Å². The zero-order valence-corrected chi connectivity index (χ0v) is 9.05. The summed E-state index contributed by atoms with van der Waals surface area (Å²) in [4.78, 5) is 13.4. The molecule has 1 heterocycles. The lowest BCUT2D eigenvalue weighted by Crippen LogP contribution is -2.37. The van der Waals surface area contributed by atoms with E-state index in [1.165, 1.54) is 0 Å². The molecule has 0 bridgehead atoms. The molecule has 0 radical (unpaired) electrons. The topological polar surface area (TPSA) is 70.1 Å². The van der Waals surface area contributed by atoms with Crippen LogP contribution in [-0.4, -0.2) is 18.0 Å². The molecule has 0 spiro atoms. The molecule has 2 rings (SSSR count). The second-order valence-electron chi connectivity index (χ2n) is 4.03. The Morgan fingerprint density at radius 2 is 2.06 bits per heavy atom. The van der Waals surface area contributed by atoms with Gasteiger partial charge < -0.3 is 10.6 Å². The number of carbonyl (C=O) groups is 1. The van der Waals surface area contributed by atoms with Crippen LogP contribution in [0.2, 0.25) is 0 Å². The van der Waals surface area contributed by atoms with Crippen LogP contribution in [0.3, 0.4) is 0 Å². The quantitative estimate of drug-likeness (QED) is 0.760. The standard InChI is InChI=1S/C12H13N3O/c1-8-11(14)6-12(16)15(8)10-4-2-9(7-13)3-5-10/h2-5,8,11H,6,14H2,1H3. The van der Waals surface area contributed by atoms with Crippen LogP contribution >= 0.6 is 0 Å². The van der Waals surface area contributed by atoms with E-state index >= 15 is 0 Å². The molecule has 1 saturated heterocycles. The second-order valence-corrected chi connectivity index (χ2v) is 4.03. The molecule has 1 aromatic rings. The van der Waals surface area contributed by atoms with Gasteiger partial charge in [0.2, 0.25) is 5.91 Å². The van der Waals surface area contributed by atoms with Gasteiger partial charge in [-0.25, -0.2) is 0 Å². The van der Waals surface area contributed by atoms with E-state index in [0.29, 0.717) is 12.0 Å². The Morgan fingerprint density at radius 3 is 2.50 bits per heavy atom. The monoisotopic (exact) mass is 215 g/mol. The van der Waals surface area contributed by atoms with Gasteiger partial charge in [0.25, 0.3) is 0 Å². The van der Waals surface area contributed by atoms with E-state index in [0.717, 1.165) is 5.69 Å². The highest BCUT2D eigenvalue weighted by Crippen LogP contribution is 2.25. The summed E-state index contributed by atoms with van der Waals surface area (Å²) in [6, 6.07) is 8.93. The SMILES string of the molecule is CC1C(N)CC(=O)N1c1ccc(C#N)cc1. The number of nitrogens with two attached hydrogens (primary N) is 1. The van der Waals surface area contributed by atoms with Crippen molar-refractivity contribution >= 4 is 11.6 Å². The summed E-state index contributed by atoms with van der Waals surface area (Å²) in [7, 11) is 0. The van der Waals surface area contributed by atoms with Gasteiger partial charge in [0, 0.05) is 24.2 Å². The van der Waals surface area contributed by atoms with Gasteiger partial charge in [-0.1, -0.05) is 0 Å². The fourth-order valence-electron chi connectivity index (χ4n) is 1.96. The second kappa shape index (κ2) is 3.95. The third-order valence-corrected chi connectivity index (χ3v) is 2.98. The van der Waals surface area contributed by atoms with E-state index in [4.69, 9.17) is 11.0 Å². The minimum absolute atomic E-state index is 0.0143. The predicted molar refractivity (Wildman–Crippen MR) is 60.7 cm³/mol. The molecule has 1 aromatic carbocycles. The van der Waals surface area contributed by atoms with Crippen LogP contribution < -0.4 is 10.6 Å². The first-order valence-electron chi connectivity index (χ1n) is 5.21. The summed E-state index contributed by atoms with van der Waals surface area (Å²) >= 11 is 0. The highest BCUT2D eigenvalue weighted by atomic mass is 16.2. The lowest BCUT2D eigenvalue weighted by molar-refractivity contribution is -0.117. The number of amides is 1. The maximum absolute atomic E-state index is 11.7. The Kier molecular flexibility index (Phi) is 2.63. The minimum atomic E-state index is -0.108. The van der Waals surface area contributed by atoms with E-state index in [-0.39, 0.29) is 18.0 Å². The van der Waals surface area contributed by atoms with Gasteiger partial charge in [-0.05, 0) is 31.2 Å². The molecule has 0 aromatic heterocycles. The molecule has 1 aliphatic heterocycles. The first-order valence-corrected chi connectivity index (χ1v) is 5.21. The Labute approximate surface area is 94.3 Å². The number of nitriles is 1. The van der Waals surface area contributed by atoms with Crippen LogP contribution in [0, 0.1) is 11.3 Å². The van der Waals surface area contributed by atoms with Crippen LogP contribution in [0.4, 0.5) is 5.69 Å². The van der Waals surface area contributed by atoms with Crippen molar-refractivity contribution in [2.45, 2.75) is 25.4 Å². The van der Waals surface area contributed by atoms with Gasteiger partial charge in [-0.15, -0.1) is 0 Å². The van der Waals surface area contributed by atoms with Gasteiger partial charge in [-0.2, -0.15) is 5.26 Å². The lowest BCUT2D eigenvalue weighted by Gasteiger charge is -2.23. The highest BCUT2D eigenvalue weighted by molar-refractivity contribution is 5.97. The van der Waals surface area contributed by atoms with Crippen molar-refractivity contribution in [3.05, 3.63) is 29.8 Å². The highest BCUT2D eigenvalue weighted by Gasteiger charge is 2.35. The average molecular weight is 215 g/mol. The van der Waals surface area contributed by atoms with E-state index in [2.05, 4.69) is 0 Å². The summed E-state index contributed by atoms with van der Waals surface area (Å²) in [6.45, 7) is 1.94. The molecule has 16 heavy (non-hydrogen) atoms. The number of hydrogen-bond acceptors (Lipinski definition) is 3. The average Bonchev–Trinajstić information content (AvgIpc) is 2.54. The zero-order valence-electron chi connectivity index (χ0n) is 9.05. The molecule has 1 fully saturated rings. The Balaban J connectivity index is 2.30. The van der Waals surface area contributed by atoms with Crippen LogP contribution in [-0.2, 0) is 4.79 Å². The summed E-state index contributed by atoms with van der Waals surface area (Å²) in [5.74, 6) is 0.0460.